The van der Waals surface area contributed by atoms with Gasteiger partial charge in [-0.05, 0) is 18.9 Å². The highest BCUT2D eigenvalue weighted by molar-refractivity contribution is 7.91. The fourth-order valence-electron chi connectivity index (χ4n) is 2.47. The third-order valence-corrected chi connectivity index (χ3v) is 7.31. The number of nitro benzene ring substituents is 1. The first-order valence-electron chi connectivity index (χ1n) is 6.56. The molecule has 0 bridgehead atoms. The minimum absolute atomic E-state index is 0.0338. The molecular formula is C12H16N2O6S2. The van der Waals surface area contributed by atoms with Crippen molar-refractivity contribution in [3.63, 3.8) is 0 Å². The molecule has 2 rings (SSSR count). The highest BCUT2D eigenvalue weighted by atomic mass is 32.2. The first-order valence-corrected chi connectivity index (χ1v) is 9.96. The van der Waals surface area contributed by atoms with Crippen LogP contribution in [0, 0.1) is 10.1 Å². The maximum absolute atomic E-state index is 12.5. The van der Waals surface area contributed by atoms with Crippen LogP contribution in [0.3, 0.4) is 0 Å². The van der Waals surface area contributed by atoms with Crippen LogP contribution in [-0.4, -0.2) is 50.7 Å². The molecular weight excluding hydrogens is 332 g/mol. The molecule has 1 aromatic rings. The summed E-state index contributed by atoms with van der Waals surface area (Å²) < 4.78 is 49.2. The fraction of sp³-hybridized carbons (Fsp3) is 0.500. The molecule has 1 aliphatic rings. The molecule has 1 fully saturated rings. The summed E-state index contributed by atoms with van der Waals surface area (Å²) in [5.74, 6) is 0. The number of para-hydroxylation sites is 1. The Morgan fingerprint density at radius 1 is 1.14 bits per heavy atom. The minimum Gasteiger partial charge on any atom is -0.258 e. The van der Waals surface area contributed by atoms with Gasteiger partial charge in [0.2, 0.25) is 10.0 Å². The first-order chi connectivity index (χ1) is 10.1. The number of piperidine rings is 1. The van der Waals surface area contributed by atoms with Gasteiger partial charge in [0.15, 0.2) is 4.90 Å². The molecule has 122 valence electrons. The van der Waals surface area contributed by atoms with Crippen molar-refractivity contribution in [3.05, 3.63) is 34.4 Å². The van der Waals surface area contributed by atoms with Crippen LogP contribution in [0.2, 0.25) is 0 Å². The average Bonchev–Trinajstić information content (AvgIpc) is 2.46. The topological polar surface area (TPSA) is 115 Å². The summed E-state index contributed by atoms with van der Waals surface area (Å²) in [5.41, 5.74) is -0.479. The summed E-state index contributed by atoms with van der Waals surface area (Å²) in [6, 6.07) is 5.14. The maximum atomic E-state index is 12.5. The Morgan fingerprint density at radius 2 is 1.68 bits per heavy atom. The molecule has 10 heteroatoms. The number of benzene rings is 1. The van der Waals surface area contributed by atoms with E-state index in [1.807, 2.05) is 0 Å². The number of nitro groups is 1. The molecule has 1 saturated heterocycles. The fourth-order valence-corrected chi connectivity index (χ4v) is 5.16. The summed E-state index contributed by atoms with van der Waals surface area (Å²) in [5, 5.41) is 10.4. The Hall–Kier alpha value is -1.52. The van der Waals surface area contributed by atoms with Crippen LogP contribution < -0.4 is 0 Å². The van der Waals surface area contributed by atoms with E-state index in [-0.39, 0.29) is 30.8 Å². The van der Waals surface area contributed by atoms with E-state index in [0.717, 1.165) is 16.6 Å². The number of rotatable bonds is 4. The van der Waals surface area contributed by atoms with Crippen molar-refractivity contribution in [1.82, 2.24) is 4.31 Å². The zero-order valence-corrected chi connectivity index (χ0v) is 13.5. The Labute approximate surface area is 128 Å². The second-order valence-electron chi connectivity index (χ2n) is 5.16. The van der Waals surface area contributed by atoms with Gasteiger partial charge in [0, 0.05) is 25.4 Å². The summed E-state index contributed by atoms with van der Waals surface area (Å²) >= 11 is 0. The van der Waals surface area contributed by atoms with Gasteiger partial charge in [-0.15, -0.1) is 0 Å². The van der Waals surface area contributed by atoms with Gasteiger partial charge in [-0.2, -0.15) is 4.31 Å². The zero-order chi connectivity index (χ0) is 16.5. The monoisotopic (exact) mass is 348 g/mol. The molecule has 22 heavy (non-hydrogen) atoms. The van der Waals surface area contributed by atoms with Gasteiger partial charge in [-0.25, -0.2) is 16.8 Å². The van der Waals surface area contributed by atoms with Crippen LogP contribution in [0.4, 0.5) is 5.69 Å². The molecule has 0 spiro atoms. The van der Waals surface area contributed by atoms with Crippen LogP contribution >= 0.6 is 0 Å². The van der Waals surface area contributed by atoms with E-state index in [1.165, 1.54) is 18.2 Å². The lowest BCUT2D eigenvalue weighted by molar-refractivity contribution is -0.387. The van der Waals surface area contributed by atoms with E-state index < -0.39 is 35.7 Å². The largest absolute Gasteiger partial charge is 0.289 e. The van der Waals surface area contributed by atoms with E-state index in [1.54, 1.807) is 0 Å². The summed E-state index contributed by atoms with van der Waals surface area (Å²) in [6.07, 6.45) is 1.52. The Bertz CT molecular complexity index is 780. The third kappa shape index (κ3) is 3.28. The van der Waals surface area contributed by atoms with Crippen LogP contribution in [0.15, 0.2) is 29.2 Å². The number of sulfonamides is 1. The predicted molar refractivity (Wildman–Crippen MR) is 79.7 cm³/mol. The number of nitrogens with zero attached hydrogens (tertiary/aromatic N) is 2. The van der Waals surface area contributed by atoms with Gasteiger partial charge in [-0.1, -0.05) is 12.1 Å². The molecule has 0 atom stereocenters. The molecule has 0 unspecified atom stereocenters. The SMILES string of the molecule is CS(=O)(=O)C1CCN(S(=O)(=O)c2ccccc2[N+](=O)[O-])CC1. The van der Waals surface area contributed by atoms with Gasteiger partial charge in [0.25, 0.3) is 5.69 Å². The van der Waals surface area contributed by atoms with Gasteiger partial charge in [0.05, 0.1) is 10.2 Å². The third-order valence-electron chi connectivity index (χ3n) is 3.69. The Balaban J connectivity index is 2.29. The van der Waals surface area contributed by atoms with Gasteiger partial charge >= 0.3 is 0 Å². The standard InChI is InChI=1S/C12H16N2O6S2/c1-21(17,18)10-6-8-13(9-7-10)22(19,20)12-5-3-2-4-11(12)14(15)16/h2-5,10H,6-9H2,1H3. The van der Waals surface area contributed by atoms with Crippen molar-refractivity contribution in [1.29, 1.82) is 0 Å². The van der Waals surface area contributed by atoms with Crippen LogP contribution in [0.1, 0.15) is 12.8 Å². The van der Waals surface area contributed by atoms with E-state index >= 15 is 0 Å². The lowest BCUT2D eigenvalue weighted by Crippen LogP contribution is -2.42. The number of sulfone groups is 1. The van der Waals surface area contributed by atoms with Crippen molar-refractivity contribution in [2.75, 3.05) is 19.3 Å². The van der Waals surface area contributed by atoms with E-state index in [0.29, 0.717) is 0 Å². The number of hydrogen-bond donors (Lipinski definition) is 0. The van der Waals surface area contributed by atoms with Crippen molar-refractivity contribution in [2.45, 2.75) is 23.0 Å². The first kappa shape index (κ1) is 16.8. The normalized spacial score (nSPS) is 18.2. The minimum atomic E-state index is -4.01. The lowest BCUT2D eigenvalue weighted by Gasteiger charge is -2.30. The van der Waals surface area contributed by atoms with Crippen LogP contribution in [0.25, 0.3) is 0 Å². The van der Waals surface area contributed by atoms with Crippen LogP contribution in [-0.2, 0) is 19.9 Å². The molecule has 0 saturated carbocycles. The van der Waals surface area contributed by atoms with Crippen molar-refractivity contribution in [3.8, 4) is 0 Å². The van der Waals surface area contributed by atoms with E-state index in [2.05, 4.69) is 0 Å². The molecule has 1 aromatic carbocycles. The second kappa shape index (κ2) is 5.94. The molecule has 0 N–H and O–H groups in total. The highest BCUT2D eigenvalue weighted by Gasteiger charge is 2.36. The van der Waals surface area contributed by atoms with E-state index in [9.17, 15) is 26.9 Å². The highest BCUT2D eigenvalue weighted by Crippen LogP contribution is 2.29. The van der Waals surface area contributed by atoms with Crippen molar-refractivity contribution < 1.29 is 21.8 Å². The Morgan fingerprint density at radius 3 is 2.18 bits per heavy atom. The van der Waals surface area contributed by atoms with Gasteiger partial charge in [0.1, 0.15) is 9.84 Å². The molecule has 0 aromatic heterocycles. The summed E-state index contributed by atoms with van der Waals surface area (Å²) in [6.45, 7) is 0.0677. The van der Waals surface area contributed by atoms with Crippen molar-refractivity contribution >= 4 is 25.5 Å². The number of hydrogen-bond acceptors (Lipinski definition) is 6. The zero-order valence-electron chi connectivity index (χ0n) is 11.9. The van der Waals surface area contributed by atoms with Gasteiger partial charge in [-0.3, -0.25) is 10.1 Å². The smallest absolute Gasteiger partial charge is 0.258 e. The lowest BCUT2D eigenvalue weighted by atomic mass is 10.2. The van der Waals surface area contributed by atoms with Crippen LogP contribution in [0.5, 0.6) is 0 Å². The molecule has 0 aliphatic carbocycles. The van der Waals surface area contributed by atoms with E-state index in [4.69, 9.17) is 0 Å². The van der Waals surface area contributed by atoms with Gasteiger partial charge < -0.3 is 0 Å². The molecule has 8 nitrogen and oxygen atoms in total. The summed E-state index contributed by atoms with van der Waals surface area (Å²) in [7, 11) is -7.22. The summed E-state index contributed by atoms with van der Waals surface area (Å²) in [4.78, 5) is 9.87. The molecule has 0 amide bonds. The quantitative estimate of drug-likeness (QED) is 0.587. The average molecular weight is 348 g/mol. The van der Waals surface area contributed by atoms with Crippen molar-refractivity contribution in [2.24, 2.45) is 0 Å². The predicted octanol–water partition coefficient (Wildman–Crippen LogP) is 0.792. The Kier molecular flexibility index (Phi) is 4.54. The molecule has 1 heterocycles. The second-order valence-corrected chi connectivity index (χ2v) is 9.39. The molecule has 1 aliphatic heterocycles. The maximum Gasteiger partial charge on any atom is 0.289 e. The molecule has 0 radical (unpaired) electrons.